The van der Waals surface area contributed by atoms with E-state index >= 15 is 0 Å². The van der Waals surface area contributed by atoms with Crippen LogP contribution in [-0.4, -0.2) is 64.6 Å². The van der Waals surface area contributed by atoms with E-state index in [9.17, 15) is 4.79 Å². The van der Waals surface area contributed by atoms with E-state index in [-0.39, 0.29) is 17.7 Å². The number of ether oxygens (including phenoxy) is 2. The van der Waals surface area contributed by atoms with Crippen molar-refractivity contribution in [2.24, 2.45) is 0 Å². The molecular weight excluding hydrogens is 492 g/mol. The Morgan fingerprint density at radius 2 is 2.05 bits per heavy atom. The maximum absolute atomic E-state index is 13.9. The Morgan fingerprint density at radius 3 is 2.78 bits per heavy atom. The van der Waals surface area contributed by atoms with Crippen LogP contribution in [-0.2, 0) is 16.0 Å². The molecule has 2 N–H and O–H groups in total. The van der Waals surface area contributed by atoms with Gasteiger partial charge in [-0.15, -0.1) is 0 Å². The van der Waals surface area contributed by atoms with Gasteiger partial charge in [0.1, 0.15) is 5.65 Å². The molecule has 0 amide bonds. The van der Waals surface area contributed by atoms with Gasteiger partial charge >= 0.3 is 0 Å². The van der Waals surface area contributed by atoms with Crippen molar-refractivity contribution in [3.05, 3.63) is 69.7 Å². The first kappa shape index (κ1) is 24.0. The van der Waals surface area contributed by atoms with E-state index in [1.165, 1.54) is 0 Å². The molecule has 5 heterocycles. The van der Waals surface area contributed by atoms with Gasteiger partial charge in [0.25, 0.3) is 5.56 Å². The zero-order chi connectivity index (χ0) is 25.4. The molecular formula is C27H27ClN6O3. The van der Waals surface area contributed by atoms with Crippen LogP contribution in [0.25, 0.3) is 33.4 Å². The first-order valence-electron chi connectivity index (χ1n) is 12.4. The van der Waals surface area contributed by atoms with Crippen molar-refractivity contribution in [1.82, 2.24) is 24.8 Å². The normalized spacial score (nSPS) is 18.1. The van der Waals surface area contributed by atoms with E-state index in [4.69, 9.17) is 26.1 Å². The summed E-state index contributed by atoms with van der Waals surface area (Å²) in [6.45, 7) is 5.59. The highest BCUT2D eigenvalue weighted by Crippen LogP contribution is 2.32. The molecule has 1 atom stereocenters. The summed E-state index contributed by atoms with van der Waals surface area (Å²) in [5.41, 5.74) is 4.15. The molecule has 2 fully saturated rings. The lowest BCUT2D eigenvalue weighted by atomic mass is 10.0. The predicted molar refractivity (Wildman–Crippen MR) is 143 cm³/mol. The number of halogens is 1. The number of nitrogens with zero attached hydrogens (tertiary/aromatic N) is 4. The molecule has 1 aromatic carbocycles. The highest BCUT2D eigenvalue weighted by molar-refractivity contribution is 6.33. The Kier molecular flexibility index (Phi) is 6.60. The maximum Gasteiger partial charge on any atom is 0.260 e. The van der Waals surface area contributed by atoms with Gasteiger partial charge in [0.2, 0.25) is 5.95 Å². The first-order chi connectivity index (χ1) is 18.0. The van der Waals surface area contributed by atoms with E-state index in [2.05, 4.69) is 20.6 Å². The fraction of sp³-hybridized carbons (Fsp3) is 0.333. The van der Waals surface area contributed by atoms with Crippen LogP contribution in [0.2, 0.25) is 5.02 Å². The standard InChI is InChI=1S/C27H27ClN6O3/c1-16-3-2-4-24(31-16)17-5-6-21(23(28)10-17)22-9-18-11-30-27(32-19-14-36-15-19)33-25(18)34(26(22)35)13-20-12-29-7-8-37-20/h2-6,9-11,19-20,29H,7-8,12-15H2,1H3,(H,30,32,33)/t20-/m0/s1. The van der Waals surface area contributed by atoms with Crippen LogP contribution in [0, 0.1) is 6.92 Å². The van der Waals surface area contributed by atoms with Crippen molar-refractivity contribution < 1.29 is 9.47 Å². The summed E-state index contributed by atoms with van der Waals surface area (Å²) in [4.78, 5) is 27.7. The number of fused-ring (bicyclic) bond motifs is 1. The second-order valence-electron chi connectivity index (χ2n) is 9.38. The third kappa shape index (κ3) is 4.95. The third-order valence-corrected chi connectivity index (χ3v) is 6.94. The lowest BCUT2D eigenvalue weighted by molar-refractivity contribution is 0.0183. The zero-order valence-corrected chi connectivity index (χ0v) is 21.2. The van der Waals surface area contributed by atoms with Crippen molar-refractivity contribution in [2.75, 3.05) is 38.2 Å². The molecule has 190 valence electrons. The number of hydrogen-bond acceptors (Lipinski definition) is 8. The van der Waals surface area contributed by atoms with E-state index in [0.29, 0.717) is 60.7 Å². The van der Waals surface area contributed by atoms with Crippen molar-refractivity contribution in [2.45, 2.75) is 25.6 Å². The number of anilines is 1. The fourth-order valence-electron chi connectivity index (χ4n) is 4.63. The molecule has 2 aliphatic heterocycles. The molecule has 37 heavy (non-hydrogen) atoms. The third-order valence-electron chi connectivity index (χ3n) is 6.63. The summed E-state index contributed by atoms with van der Waals surface area (Å²) >= 11 is 6.76. The monoisotopic (exact) mass is 518 g/mol. The number of hydrogen-bond donors (Lipinski definition) is 2. The highest BCUT2D eigenvalue weighted by Gasteiger charge is 2.22. The lowest BCUT2D eigenvalue weighted by Crippen LogP contribution is -2.42. The van der Waals surface area contributed by atoms with Gasteiger partial charge < -0.3 is 20.1 Å². The molecule has 9 nitrogen and oxygen atoms in total. The molecule has 2 saturated heterocycles. The Labute approximate surface area is 218 Å². The van der Waals surface area contributed by atoms with Crippen LogP contribution in [0.3, 0.4) is 0 Å². The van der Waals surface area contributed by atoms with Gasteiger partial charge in [-0.25, -0.2) is 4.98 Å². The molecule has 0 radical (unpaired) electrons. The molecule has 10 heteroatoms. The molecule has 0 aliphatic carbocycles. The predicted octanol–water partition coefficient (Wildman–Crippen LogP) is 3.28. The van der Waals surface area contributed by atoms with Gasteiger partial charge in [-0.3, -0.25) is 14.3 Å². The van der Waals surface area contributed by atoms with E-state index in [1.807, 2.05) is 49.4 Å². The summed E-state index contributed by atoms with van der Waals surface area (Å²) in [6, 6.07) is 13.5. The SMILES string of the molecule is Cc1cccc(-c2ccc(-c3cc4cnc(NC5COC5)nc4n(C[C@@H]4CNCCO4)c3=O)c(Cl)c2)n1. The number of nitrogens with one attached hydrogen (secondary N) is 2. The summed E-state index contributed by atoms with van der Waals surface area (Å²) < 4.78 is 12.8. The largest absolute Gasteiger partial charge is 0.377 e. The number of benzene rings is 1. The molecule has 0 unspecified atom stereocenters. The Hall–Kier alpha value is -3.37. The second kappa shape index (κ2) is 10.2. The molecule has 3 aromatic heterocycles. The van der Waals surface area contributed by atoms with Gasteiger partial charge in [-0.05, 0) is 31.2 Å². The molecule has 6 rings (SSSR count). The summed E-state index contributed by atoms with van der Waals surface area (Å²) in [5, 5.41) is 7.82. The van der Waals surface area contributed by atoms with Gasteiger partial charge in [-0.1, -0.05) is 29.8 Å². The van der Waals surface area contributed by atoms with E-state index in [0.717, 1.165) is 28.9 Å². The Bertz CT molecular complexity index is 1510. The average Bonchev–Trinajstić information content (AvgIpc) is 2.88. The number of rotatable bonds is 6. The summed E-state index contributed by atoms with van der Waals surface area (Å²) in [7, 11) is 0. The van der Waals surface area contributed by atoms with Gasteiger partial charge in [0.15, 0.2) is 0 Å². The molecule has 2 aliphatic rings. The topological polar surface area (TPSA) is 103 Å². The Morgan fingerprint density at radius 1 is 1.16 bits per heavy atom. The minimum Gasteiger partial charge on any atom is -0.377 e. The molecule has 4 aromatic rings. The fourth-order valence-corrected chi connectivity index (χ4v) is 4.91. The number of morpholine rings is 1. The van der Waals surface area contributed by atoms with Crippen LogP contribution in [0.5, 0.6) is 0 Å². The molecule has 0 saturated carbocycles. The van der Waals surface area contributed by atoms with E-state index in [1.54, 1.807) is 10.8 Å². The first-order valence-corrected chi connectivity index (χ1v) is 12.7. The summed E-state index contributed by atoms with van der Waals surface area (Å²) in [5.74, 6) is 0.470. The van der Waals surface area contributed by atoms with E-state index < -0.39 is 0 Å². The molecule has 0 bridgehead atoms. The van der Waals surface area contributed by atoms with Crippen molar-refractivity contribution in [3.63, 3.8) is 0 Å². The Balaban J connectivity index is 1.44. The van der Waals surface area contributed by atoms with Crippen molar-refractivity contribution in [3.8, 4) is 22.4 Å². The average molecular weight is 519 g/mol. The van der Waals surface area contributed by atoms with Crippen molar-refractivity contribution in [1.29, 1.82) is 0 Å². The summed E-state index contributed by atoms with van der Waals surface area (Å²) in [6.07, 6.45) is 1.59. The number of pyridine rings is 2. The zero-order valence-electron chi connectivity index (χ0n) is 20.4. The minimum absolute atomic E-state index is 0.151. The van der Waals surface area contributed by atoms with Crippen LogP contribution >= 0.6 is 11.6 Å². The van der Waals surface area contributed by atoms with Gasteiger partial charge in [0, 0.05) is 52.1 Å². The minimum atomic E-state index is -0.179. The van der Waals surface area contributed by atoms with Crippen LogP contribution in [0.1, 0.15) is 5.69 Å². The number of aryl methyl sites for hydroxylation is 1. The number of aromatic nitrogens is 4. The lowest BCUT2D eigenvalue weighted by Gasteiger charge is -2.27. The van der Waals surface area contributed by atoms with Crippen molar-refractivity contribution >= 4 is 28.6 Å². The quantitative estimate of drug-likeness (QED) is 0.401. The molecule has 0 spiro atoms. The smallest absolute Gasteiger partial charge is 0.260 e. The van der Waals surface area contributed by atoms with Gasteiger partial charge in [-0.2, -0.15) is 4.98 Å². The van der Waals surface area contributed by atoms with Gasteiger partial charge in [0.05, 0.1) is 44.2 Å². The maximum atomic E-state index is 13.9. The second-order valence-corrected chi connectivity index (χ2v) is 9.79. The van der Waals surface area contributed by atoms with Crippen LogP contribution in [0.4, 0.5) is 5.95 Å². The van der Waals surface area contributed by atoms with Crippen LogP contribution < -0.4 is 16.2 Å². The van der Waals surface area contributed by atoms with Crippen LogP contribution in [0.15, 0.2) is 53.5 Å². The highest BCUT2D eigenvalue weighted by atomic mass is 35.5.